The molecule has 1 atom stereocenters. The third kappa shape index (κ3) is 1.75. The van der Waals surface area contributed by atoms with Crippen molar-refractivity contribution in [2.24, 2.45) is 0 Å². The van der Waals surface area contributed by atoms with Crippen LogP contribution in [0, 0.1) is 0 Å². The molecular weight excluding hydrogens is 244 g/mol. The molecule has 3 rings (SSSR count). The number of benzene rings is 1. The average Bonchev–Trinajstić information content (AvgIpc) is 2.93. The van der Waals surface area contributed by atoms with Crippen LogP contribution in [0.25, 0.3) is 11.1 Å². The van der Waals surface area contributed by atoms with E-state index in [1.165, 1.54) is 22.3 Å². The smallest absolute Gasteiger partial charge is 0.306 e. The first-order valence-electron chi connectivity index (χ1n) is 6.12. The molecule has 1 aliphatic rings. The van der Waals surface area contributed by atoms with Crippen LogP contribution in [0.3, 0.4) is 0 Å². The Labute approximate surface area is 110 Å². The van der Waals surface area contributed by atoms with E-state index in [-0.39, 0.29) is 11.9 Å². The summed E-state index contributed by atoms with van der Waals surface area (Å²) in [6, 6.07) is 8.33. The normalized spacial score (nSPS) is 16.2. The zero-order chi connectivity index (χ0) is 12.5. The lowest BCUT2D eigenvalue weighted by Crippen LogP contribution is -2.09. The van der Waals surface area contributed by atoms with E-state index in [4.69, 9.17) is 4.74 Å². The van der Waals surface area contributed by atoms with Gasteiger partial charge in [-0.3, -0.25) is 4.79 Å². The Morgan fingerprint density at radius 1 is 1.22 bits per heavy atom. The Hall–Kier alpha value is -1.61. The third-order valence-corrected chi connectivity index (χ3v) is 4.13. The predicted octanol–water partition coefficient (Wildman–Crippen LogP) is 3.81. The van der Waals surface area contributed by atoms with Crippen molar-refractivity contribution in [1.29, 1.82) is 0 Å². The number of carbonyl (C=O) groups excluding carboxylic acids is 1. The van der Waals surface area contributed by atoms with Gasteiger partial charge in [-0.15, -0.1) is 0 Å². The number of fused-ring (bicyclic) bond motifs is 3. The molecule has 18 heavy (non-hydrogen) atoms. The summed E-state index contributed by atoms with van der Waals surface area (Å²) in [4.78, 5) is 11.7. The monoisotopic (exact) mass is 258 g/mol. The van der Waals surface area contributed by atoms with Crippen LogP contribution < -0.4 is 0 Å². The highest BCUT2D eigenvalue weighted by Crippen LogP contribution is 2.47. The summed E-state index contributed by atoms with van der Waals surface area (Å²) in [5.41, 5.74) is 5.07. The minimum Gasteiger partial charge on any atom is -0.466 e. The second kappa shape index (κ2) is 4.58. The van der Waals surface area contributed by atoms with Crippen molar-refractivity contribution in [2.75, 3.05) is 6.61 Å². The summed E-state index contributed by atoms with van der Waals surface area (Å²) in [6.07, 6.45) is 0.439. The largest absolute Gasteiger partial charge is 0.466 e. The zero-order valence-electron chi connectivity index (χ0n) is 10.2. The molecule has 0 fully saturated rings. The van der Waals surface area contributed by atoms with Crippen molar-refractivity contribution >= 4 is 17.3 Å². The van der Waals surface area contributed by atoms with Crippen molar-refractivity contribution in [3.05, 3.63) is 46.2 Å². The molecule has 0 N–H and O–H groups in total. The summed E-state index contributed by atoms with van der Waals surface area (Å²) < 4.78 is 5.07. The number of rotatable bonds is 3. The molecule has 1 aromatic carbocycles. The maximum absolute atomic E-state index is 11.7. The molecule has 0 aliphatic heterocycles. The van der Waals surface area contributed by atoms with E-state index in [1.807, 2.05) is 19.1 Å². The minimum absolute atomic E-state index is 0.114. The molecule has 92 valence electrons. The fourth-order valence-corrected chi connectivity index (χ4v) is 3.52. The number of thiophene rings is 1. The quantitative estimate of drug-likeness (QED) is 0.782. The van der Waals surface area contributed by atoms with Crippen LogP contribution in [-0.4, -0.2) is 12.6 Å². The molecular formula is C15H14O2S. The highest BCUT2D eigenvalue weighted by atomic mass is 32.1. The van der Waals surface area contributed by atoms with E-state index >= 15 is 0 Å². The zero-order valence-corrected chi connectivity index (χ0v) is 11.0. The number of hydrogen-bond donors (Lipinski definition) is 0. The van der Waals surface area contributed by atoms with Crippen LogP contribution in [0.2, 0.25) is 0 Å². The fraction of sp³-hybridized carbons (Fsp3) is 0.267. The molecule has 0 bridgehead atoms. The van der Waals surface area contributed by atoms with Gasteiger partial charge in [-0.2, -0.15) is 11.3 Å². The molecule has 1 aliphatic carbocycles. The lowest BCUT2D eigenvalue weighted by molar-refractivity contribution is -0.143. The van der Waals surface area contributed by atoms with Gasteiger partial charge in [-0.25, -0.2) is 0 Å². The number of ether oxygens (including phenoxy) is 1. The van der Waals surface area contributed by atoms with E-state index in [0.29, 0.717) is 13.0 Å². The van der Waals surface area contributed by atoms with Crippen LogP contribution in [0.1, 0.15) is 30.4 Å². The summed E-state index contributed by atoms with van der Waals surface area (Å²) in [5.74, 6) is 0.0536. The van der Waals surface area contributed by atoms with Crippen molar-refractivity contribution in [2.45, 2.75) is 19.3 Å². The molecule has 0 saturated carbocycles. The maximum atomic E-state index is 11.7. The summed E-state index contributed by atoms with van der Waals surface area (Å²) in [6.45, 7) is 2.29. The minimum atomic E-state index is -0.114. The summed E-state index contributed by atoms with van der Waals surface area (Å²) >= 11 is 1.70. The average molecular weight is 258 g/mol. The lowest BCUT2D eigenvalue weighted by Gasteiger charge is -2.11. The van der Waals surface area contributed by atoms with Gasteiger partial charge in [-0.1, -0.05) is 24.3 Å². The molecule has 0 saturated heterocycles. The SMILES string of the molecule is CCOC(=O)C[C@@H]1c2ccccc2-c2cscc21. The second-order valence-corrected chi connectivity index (χ2v) is 5.13. The molecule has 2 nitrogen and oxygen atoms in total. The molecule has 2 aromatic rings. The molecule has 0 radical (unpaired) electrons. The van der Waals surface area contributed by atoms with Crippen molar-refractivity contribution < 1.29 is 9.53 Å². The first-order chi connectivity index (χ1) is 8.81. The highest BCUT2D eigenvalue weighted by molar-refractivity contribution is 7.08. The van der Waals surface area contributed by atoms with Gasteiger partial charge in [0.2, 0.25) is 0 Å². The van der Waals surface area contributed by atoms with E-state index < -0.39 is 0 Å². The molecule has 1 heterocycles. The van der Waals surface area contributed by atoms with Crippen LogP contribution in [-0.2, 0) is 9.53 Å². The van der Waals surface area contributed by atoms with Crippen molar-refractivity contribution in [3.8, 4) is 11.1 Å². The van der Waals surface area contributed by atoms with Crippen LogP contribution in [0.4, 0.5) is 0 Å². The third-order valence-electron chi connectivity index (χ3n) is 3.37. The van der Waals surface area contributed by atoms with Crippen molar-refractivity contribution in [3.63, 3.8) is 0 Å². The Kier molecular flexibility index (Phi) is 2.92. The Balaban J connectivity index is 1.98. The lowest BCUT2D eigenvalue weighted by atomic mass is 9.95. The van der Waals surface area contributed by atoms with E-state index in [9.17, 15) is 4.79 Å². The summed E-state index contributed by atoms with van der Waals surface area (Å²) in [7, 11) is 0. The van der Waals surface area contributed by atoms with Gasteiger partial charge < -0.3 is 4.74 Å². The van der Waals surface area contributed by atoms with Gasteiger partial charge in [0.25, 0.3) is 0 Å². The van der Waals surface area contributed by atoms with E-state index in [1.54, 1.807) is 11.3 Å². The van der Waals surface area contributed by atoms with Gasteiger partial charge in [0.1, 0.15) is 0 Å². The molecule has 0 amide bonds. The van der Waals surface area contributed by atoms with Crippen LogP contribution in [0.15, 0.2) is 35.0 Å². The van der Waals surface area contributed by atoms with Gasteiger partial charge in [0.15, 0.2) is 0 Å². The van der Waals surface area contributed by atoms with Gasteiger partial charge >= 0.3 is 5.97 Å². The van der Waals surface area contributed by atoms with Crippen molar-refractivity contribution in [1.82, 2.24) is 0 Å². The maximum Gasteiger partial charge on any atom is 0.306 e. The molecule has 3 heteroatoms. The van der Waals surface area contributed by atoms with E-state index in [0.717, 1.165) is 0 Å². The second-order valence-electron chi connectivity index (χ2n) is 4.39. The van der Waals surface area contributed by atoms with E-state index in [2.05, 4.69) is 22.9 Å². The van der Waals surface area contributed by atoms with Gasteiger partial charge in [-0.05, 0) is 39.9 Å². The Morgan fingerprint density at radius 3 is 2.89 bits per heavy atom. The number of esters is 1. The van der Waals surface area contributed by atoms with Crippen LogP contribution in [0.5, 0.6) is 0 Å². The first-order valence-corrected chi connectivity index (χ1v) is 7.06. The van der Waals surface area contributed by atoms with Gasteiger partial charge in [0.05, 0.1) is 13.0 Å². The molecule has 0 spiro atoms. The molecule has 0 unspecified atom stereocenters. The Morgan fingerprint density at radius 2 is 2.06 bits per heavy atom. The Bertz CT molecular complexity index is 586. The van der Waals surface area contributed by atoms with Crippen LogP contribution >= 0.6 is 11.3 Å². The highest BCUT2D eigenvalue weighted by Gasteiger charge is 2.30. The number of hydrogen-bond acceptors (Lipinski definition) is 3. The standard InChI is InChI=1S/C15H14O2S/c1-2-17-15(16)7-12-10-5-3-4-6-11(10)13-8-18-9-14(12)13/h3-6,8-9,12H,2,7H2,1H3/t12-/m1/s1. The predicted molar refractivity (Wildman–Crippen MR) is 72.8 cm³/mol. The molecule has 1 aromatic heterocycles. The fourth-order valence-electron chi connectivity index (χ4n) is 2.62. The summed E-state index contributed by atoms with van der Waals surface area (Å²) in [5, 5.41) is 4.32. The first kappa shape index (κ1) is 11.5. The van der Waals surface area contributed by atoms with Gasteiger partial charge in [0, 0.05) is 5.92 Å². The topological polar surface area (TPSA) is 26.3 Å². The number of carbonyl (C=O) groups is 1.